The van der Waals surface area contributed by atoms with Crippen molar-refractivity contribution in [3.05, 3.63) is 29.3 Å². The summed E-state index contributed by atoms with van der Waals surface area (Å²) in [5, 5.41) is 9.93. The van der Waals surface area contributed by atoms with Crippen LogP contribution in [-0.2, 0) is 9.53 Å². The fourth-order valence-corrected chi connectivity index (χ4v) is 1.47. The third-order valence-corrected chi connectivity index (χ3v) is 2.20. The highest BCUT2D eigenvalue weighted by Gasteiger charge is 2.28. The van der Waals surface area contributed by atoms with Crippen LogP contribution in [0.3, 0.4) is 0 Å². The summed E-state index contributed by atoms with van der Waals surface area (Å²) < 4.78 is 4.57. The molecule has 1 aliphatic heterocycles. The van der Waals surface area contributed by atoms with Crippen molar-refractivity contribution in [2.75, 3.05) is 12.4 Å². The Bertz CT molecular complexity index is 480. The SMILES string of the molecule is COC(=O)c1cccc2c1NC(=O)C2=N. The highest BCUT2D eigenvalue weighted by molar-refractivity contribution is 6.53. The van der Waals surface area contributed by atoms with Crippen LogP contribution in [0.2, 0.25) is 0 Å². The summed E-state index contributed by atoms with van der Waals surface area (Å²) >= 11 is 0. The van der Waals surface area contributed by atoms with Crippen LogP contribution in [-0.4, -0.2) is 24.7 Å². The van der Waals surface area contributed by atoms with Crippen molar-refractivity contribution in [3.8, 4) is 0 Å². The van der Waals surface area contributed by atoms with Crippen LogP contribution in [0.5, 0.6) is 0 Å². The van der Waals surface area contributed by atoms with Crippen molar-refractivity contribution in [2.45, 2.75) is 0 Å². The number of amides is 1. The quantitative estimate of drug-likeness (QED) is 0.664. The maximum atomic E-state index is 11.3. The Balaban J connectivity index is 2.59. The van der Waals surface area contributed by atoms with Gasteiger partial charge in [-0.25, -0.2) is 4.79 Å². The lowest BCUT2D eigenvalue weighted by Gasteiger charge is -2.04. The van der Waals surface area contributed by atoms with Crippen molar-refractivity contribution >= 4 is 23.3 Å². The van der Waals surface area contributed by atoms with Gasteiger partial charge in [0.2, 0.25) is 0 Å². The third kappa shape index (κ3) is 1.28. The molecular weight excluding hydrogens is 196 g/mol. The van der Waals surface area contributed by atoms with Crippen LogP contribution in [0.4, 0.5) is 5.69 Å². The summed E-state index contributed by atoms with van der Waals surface area (Å²) in [5.74, 6) is -1.02. The maximum absolute atomic E-state index is 11.3. The van der Waals surface area contributed by atoms with Gasteiger partial charge in [-0.1, -0.05) is 12.1 Å². The number of anilines is 1. The normalized spacial score (nSPS) is 13.4. The van der Waals surface area contributed by atoms with E-state index in [0.29, 0.717) is 11.3 Å². The highest BCUT2D eigenvalue weighted by atomic mass is 16.5. The molecule has 5 heteroatoms. The monoisotopic (exact) mass is 204 g/mol. The molecule has 0 saturated heterocycles. The molecule has 1 aromatic carbocycles. The van der Waals surface area contributed by atoms with E-state index in [4.69, 9.17) is 5.41 Å². The van der Waals surface area contributed by atoms with Crippen LogP contribution in [0.1, 0.15) is 15.9 Å². The molecule has 1 aliphatic rings. The number of hydrogen-bond donors (Lipinski definition) is 2. The Morgan fingerprint density at radius 1 is 1.47 bits per heavy atom. The Morgan fingerprint density at radius 2 is 2.20 bits per heavy atom. The van der Waals surface area contributed by atoms with Gasteiger partial charge in [0.05, 0.1) is 18.4 Å². The molecule has 0 aliphatic carbocycles. The first kappa shape index (κ1) is 9.39. The number of carbonyl (C=O) groups is 2. The fourth-order valence-electron chi connectivity index (χ4n) is 1.47. The third-order valence-electron chi connectivity index (χ3n) is 2.20. The van der Waals surface area contributed by atoms with E-state index in [-0.39, 0.29) is 11.3 Å². The molecule has 0 radical (unpaired) electrons. The Kier molecular flexibility index (Phi) is 2.00. The predicted molar refractivity (Wildman–Crippen MR) is 53.2 cm³/mol. The van der Waals surface area contributed by atoms with Crippen LogP contribution >= 0.6 is 0 Å². The first-order valence-corrected chi connectivity index (χ1v) is 4.26. The van der Waals surface area contributed by atoms with Crippen molar-refractivity contribution in [3.63, 3.8) is 0 Å². The van der Waals surface area contributed by atoms with E-state index >= 15 is 0 Å². The molecule has 5 nitrogen and oxygen atoms in total. The van der Waals surface area contributed by atoms with Gasteiger partial charge in [-0.2, -0.15) is 0 Å². The number of methoxy groups -OCH3 is 1. The van der Waals surface area contributed by atoms with Gasteiger partial charge in [-0.05, 0) is 6.07 Å². The molecule has 0 saturated carbocycles. The Labute approximate surface area is 85.6 Å². The standard InChI is InChI=1S/C10H8N2O3/c1-15-10(14)6-4-2-3-5-7(11)9(13)12-8(5)6/h2-4H,1H3,(H2,11,12,13). The molecule has 0 atom stereocenters. The van der Waals surface area contributed by atoms with Gasteiger partial charge in [-0.15, -0.1) is 0 Å². The summed E-state index contributed by atoms with van der Waals surface area (Å²) in [4.78, 5) is 22.5. The van der Waals surface area contributed by atoms with Gasteiger partial charge in [0.15, 0.2) is 0 Å². The molecule has 0 aromatic heterocycles. The fraction of sp³-hybridized carbons (Fsp3) is 0.100. The number of rotatable bonds is 1. The number of carbonyl (C=O) groups excluding carboxylic acids is 2. The summed E-state index contributed by atoms with van der Waals surface area (Å²) in [6.07, 6.45) is 0. The average molecular weight is 204 g/mol. The molecule has 0 spiro atoms. The first-order chi connectivity index (χ1) is 7.15. The van der Waals surface area contributed by atoms with Crippen LogP contribution in [0, 0.1) is 5.41 Å². The smallest absolute Gasteiger partial charge is 0.339 e. The van der Waals surface area contributed by atoms with Crippen LogP contribution in [0.25, 0.3) is 0 Å². The van der Waals surface area contributed by atoms with Gasteiger partial charge in [0.25, 0.3) is 5.91 Å². The Hall–Kier alpha value is -2.17. The number of esters is 1. The van der Waals surface area contributed by atoms with Gasteiger partial charge in [0.1, 0.15) is 5.71 Å². The lowest BCUT2D eigenvalue weighted by Crippen LogP contribution is -2.13. The number of nitrogens with one attached hydrogen (secondary N) is 2. The molecule has 0 bridgehead atoms. The molecule has 15 heavy (non-hydrogen) atoms. The minimum absolute atomic E-state index is 0.129. The van der Waals surface area contributed by atoms with E-state index in [9.17, 15) is 9.59 Å². The van der Waals surface area contributed by atoms with Gasteiger partial charge in [0, 0.05) is 5.56 Å². The lowest BCUT2D eigenvalue weighted by molar-refractivity contribution is -0.110. The summed E-state index contributed by atoms with van der Waals surface area (Å²) in [7, 11) is 1.27. The molecule has 2 rings (SSSR count). The van der Waals surface area contributed by atoms with E-state index in [1.807, 2.05) is 0 Å². The van der Waals surface area contributed by atoms with E-state index < -0.39 is 11.9 Å². The average Bonchev–Trinajstić information content (AvgIpc) is 2.54. The minimum Gasteiger partial charge on any atom is -0.465 e. The first-order valence-electron chi connectivity index (χ1n) is 4.26. The van der Waals surface area contributed by atoms with Crippen molar-refractivity contribution in [1.29, 1.82) is 5.41 Å². The zero-order valence-electron chi connectivity index (χ0n) is 7.96. The number of ether oxygens (including phenoxy) is 1. The van der Waals surface area contributed by atoms with Crippen LogP contribution < -0.4 is 5.32 Å². The molecule has 0 fully saturated rings. The second kappa shape index (κ2) is 3.20. The van der Waals surface area contributed by atoms with Gasteiger partial charge >= 0.3 is 5.97 Å². The second-order valence-corrected chi connectivity index (χ2v) is 3.05. The van der Waals surface area contributed by atoms with Crippen molar-refractivity contribution in [1.82, 2.24) is 0 Å². The van der Waals surface area contributed by atoms with E-state index in [2.05, 4.69) is 10.1 Å². The summed E-state index contributed by atoms with van der Waals surface area (Å²) in [6, 6.07) is 4.77. The maximum Gasteiger partial charge on any atom is 0.339 e. The Morgan fingerprint density at radius 3 is 2.87 bits per heavy atom. The molecule has 1 amide bonds. The number of hydrogen-bond acceptors (Lipinski definition) is 4. The number of benzene rings is 1. The van der Waals surface area contributed by atoms with Crippen molar-refractivity contribution < 1.29 is 14.3 Å². The molecular formula is C10H8N2O3. The van der Waals surface area contributed by atoms with E-state index in [1.54, 1.807) is 18.2 Å². The zero-order valence-corrected chi connectivity index (χ0v) is 7.96. The number of para-hydroxylation sites is 1. The van der Waals surface area contributed by atoms with Gasteiger partial charge < -0.3 is 10.1 Å². The zero-order chi connectivity index (χ0) is 11.0. The highest BCUT2D eigenvalue weighted by Crippen LogP contribution is 2.27. The molecule has 76 valence electrons. The second-order valence-electron chi connectivity index (χ2n) is 3.05. The lowest BCUT2D eigenvalue weighted by atomic mass is 10.1. The molecule has 2 N–H and O–H groups in total. The summed E-state index contributed by atoms with van der Waals surface area (Å²) in [6.45, 7) is 0. The predicted octanol–water partition coefficient (Wildman–Crippen LogP) is 0.793. The van der Waals surface area contributed by atoms with E-state index in [0.717, 1.165) is 0 Å². The van der Waals surface area contributed by atoms with Crippen molar-refractivity contribution in [2.24, 2.45) is 0 Å². The largest absolute Gasteiger partial charge is 0.465 e. The van der Waals surface area contributed by atoms with Crippen LogP contribution in [0.15, 0.2) is 18.2 Å². The molecule has 1 aromatic rings. The topological polar surface area (TPSA) is 79.2 Å². The minimum atomic E-state index is -0.526. The molecule has 1 heterocycles. The van der Waals surface area contributed by atoms with E-state index in [1.165, 1.54) is 7.11 Å². The van der Waals surface area contributed by atoms with Gasteiger partial charge in [-0.3, -0.25) is 10.2 Å². The number of fused-ring (bicyclic) bond motifs is 1. The molecule has 0 unspecified atom stereocenters. The summed E-state index contributed by atoms with van der Waals surface area (Å²) in [5.41, 5.74) is 0.934.